The second-order valence-corrected chi connectivity index (χ2v) is 6.03. The Kier molecular flexibility index (Phi) is 7.94. The van der Waals surface area contributed by atoms with Gasteiger partial charge in [0.2, 0.25) is 0 Å². The highest BCUT2D eigenvalue weighted by Gasteiger charge is 2.17. The fourth-order valence-corrected chi connectivity index (χ4v) is 2.78. The predicted molar refractivity (Wildman–Crippen MR) is 104 cm³/mol. The lowest BCUT2D eigenvalue weighted by Gasteiger charge is -2.14. The molecule has 0 radical (unpaired) electrons. The topological polar surface area (TPSA) is 73.9 Å². The van der Waals surface area contributed by atoms with Crippen LogP contribution in [0.4, 0.5) is 14.5 Å². The third kappa shape index (κ3) is 5.91. The van der Waals surface area contributed by atoms with Crippen molar-refractivity contribution in [1.29, 1.82) is 0 Å². The quantitative estimate of drug-likeness (QED) is 0.630. The molecule has 0 heterocycles. The summed E-state index contributed by atoms with van der Waals surface area (Å²) in [6.07, 6.45) is 1.49. The van der Waals surface area contributed by atoms with Crippen LogP contribution in [0.5, 0.6) is 11.5 Å². The van der Waals surface area contributed by atoms with Crippen molar-refractivity contribution in [3.8, 4) is 11.5 Å². The summed E-state index contributed by atoms with van der Waals surface area (Å²) in [5.74, 6) is -1.52. The molecule has 0 fully saturated rings. The molecule has 29 heavy (non-hydrogen) atoms. The van der Waals surface area contributed by atoms with Crippen LogP contribution in [-0.2, 0) is 22.4 Å². The summed E-state index contributed by atoms with van der Waals surface area (Å²) < 4.78 is 39.0. The van der Waals surface area contributed by atoms with Crippen molar-refractivity contribution in [2.24, 2.45) is 0 Å². The number of carbonyl (C=O) groups excluding carboxylic acids is 2. The van der Waals surface area contributed by atoms with Crippen LogP contribution in [0.1, 0.15) is 35.3 Å². The van der Waals surface area contributed by atoms with Gasteiger partial charge < -0.3 is 19.5 Å². The molecule has 0 aliphatic heterocycles. The Hall–Kier alpha value is -3.16. The maximum absolute atomic E-state index is 12.4. The number of amides is 1. The molecule has 1 amide bonds. The molecule has 0 aliphatic rings. The SMILES string of the molecule is CCc1cccc(CC)c1NC(=O)COC(=O)c1ccc(OC(F)F)c(OC)c1. The smallest absolute Gasteiger partial charge is 0.387 e. The van der Waals surface area contributed by atoms with Gasteiger partial charge in [0.15, 0.2) is 18.1 Å². The van der Waals surface area contributed by atoms with Crippen LogP contribution in [0.15, 0.2) is 36.4 Å². The van der Waals surface area contributed by atoms with Gasteiger partial charge in [0.1, 0.15) is 0 Å². The third-order valence-electron chi connectivity index (χ3n) is 4.21. The number of benzene rings is 2. The van der Waals surface area contributed by atoms with Gasteiger partial charge in [-0.15, -0.1) is 0 Å². The molecular formula is C21H23F2NO5. The first-order valence-electron chi connectivity index (χ1n) is 9.10. The van der Waals surface area contributed by atoms with Gasteiger partial charge in [0, 0.05) is 5.69 Å². The number of methoxy groups -OCH3 is 1. The maximum Gasteiger partial charge on any atom is 0.387 e. The average Bonchev–Trinajstić information content (AvgIpc) is 2.71. The highest BCUT2D eigenvalue weighted by molar-refractivity contribution is 5.96. The second-order valence-electron chi connectivity index (χ2n) is 6.03. The number of hydrogen-bond acceptors (Lipinski definition) is 5. The van der Waals surface area contributed by atoms with Gasteiger partial charge in [-0.2, -0.15) is 8.78 Å². The molecule has 0 bridgehead atoms. The van der Waals surface area contributed by atoms with Gasteiger partial charge >= 0.3 is 12.6 Å². The standard InChI is InChI=1S/C21H23F2NO5/c1-4-13-7-6-8-14(5-2)19(13)24-18(25)12-28-20(26)15-9-10-16(29-21(22)23)17(11-15)27-3/h6-11,21H,4-5,12H2,1-3H3,(H,24,25). The summed E-state index contributed by atoms with van der Waals surface area (Å²) in [5.41, 5.74) is 2.75. The number of alkyl halides is 2. The first-order chi connectivity index (χ1) is 13.9. The lowest BCUT2D eigenvalue weighted by molar-refractivity contribution is -0.119. The van der Waals surface area contributed by atoms with Gasteiger partial charge in [0.25, 0.3) is 5.91 Å². The van der Waals surface area contributed by atoms with E-state index in [-0.39, 0.29) is 17.1 Å². The van der Waals surface area contributed by atoms with Crippen molar-refractivity contribution in [3.63, 3.8) is 0 Å². The summed E-state index contributed by atoms with van der Waals surface area (Å²) in [5, 5.41) is 2.80. The van der Waals surface area contributed by atoms with Crippen molar-refractivity contribution in [3.05, 3.63) is 53.1 Å². The Labute approximate surface area is 167 Å². The van der Waals surface area contributed by atoms with Crippen LogP contribution in [-0.4, -0.2) is 32.2 Å². The van der Waals surface area contributed by atoms with Crippen molar-refractivity contribution in [1.82, 2.24) is 0 Å². The van der Waals surface area contributed by atoms with E-state index < -0.39 is 25.1 Å². The van der Waals surface area contributed by atoms with Crippen LogP contribution < -0.4 is 14.8 Å². The molecule has 0 aliphatic carbocycles. The molecule has 8 heteroatoms. The Balaban J connectivity index is 2.03. The fraction of sp³-hybridized carbons (Fsp3) is 0.333. The number of ether oxygens (including phenoxy) is 3. The van der Waals surface area contributed by atoms with Gasteiger partial charge in [-0.25, -0.2) is 4.79 Å². The molecular weight excluding hydrogens is 384 g/mol. The molecule has 0 spiro atoms. The van der Waals surface area contributed by atoms with E-state index in [9.17, 15) is 18.4 Å². The van der Waals surface area contributed by atoms with Crippen molar-refractivity contribution < 1.29 is 32.6 Å². The molecule has 6 nitrogen and oxygen atoms in total. The van der Waals surface area contributed by atoms with Gasteiger partial charge in [-0.1, -0.05) is 32.0 Å². The zero-order chi connectivity index (χ0) is 21.4. The molecule has 156 valence electrons. The van der Waals surface area contributed by atoms with Crippen LogP contribution in [0, 0.1) is 0 Å². The molecule has 2 aromatic carbocycles. The summed E-state index contributed by atoms with van der Waals surface area (Å²) in [7, 11) is 1.26. The monoisotopic (exact) mass is 407 g/mol. The van der Waals surface area contributed by atoms with Gasteiger partial charge in [-0.05, 0) is 42.2 Å². The Bertz CT molecular complexity index is 848. The molecule has 2 aromatic rings. The number of aryl methyl sites for hydroxylation is 2. The molecule has 1 N–H and O–H groups in total. The number of anilines is 1. The van der Waals surface area contributed by atoms with E-state index in [1.807, 2.05) is 32.0 Å². The number of esters is 1. The lowest BCUT2D eigenvalue weighted by Crippen LogP contribution is -2.22. The van der Waals surface area contributed by atoms with Crippen molar-refractivity contribution in [2.75, 3.05) is 19.0 Å². The molecule has 0 unspecified atom stereocenters. The minimum atomic E-state index is -3.02. The predicted octanol–water partition coefficient (Wildman–Crippen LogP) is 4.22. The van der Waals surface area contributed by atoms with E-state index in [0.29, 0.717) is 0 Å². The van der Waals surface area contributed by atoms with E-state index in [4.69, 9.17) is 9.47 Å². The fourth-order valence-electron chi connectivity index (χ4n) is 2.78. The van der Waals surface area contributed by atoms with E-state index >= 15 is 0 Å². The Morgan fingerprint density at radius 2 is 1.69 bits per heavy atom. The molecule has 0 aromatic heterocycles. The summed E-state index contributed by atoms with van der Waals surface area (Å²) >= 11 is 0. The first kappa shape index (κ1) is 22.1. The summed E-state index contributed by atoms with van der Waals surface area (Å²) in [6.45, 7) is 0.459. The zero-order valence-corrected chi connectivity index (χ0v) is 16.5. The van der Waals surface area contributed by atoms with Gasteiger partial charge in [-0.3, -0.25) is 4.79 Å². The molecule has 0 atom stereocenters. The van der Waals surface area contributed by atoms with E-state index in [0.717, 1.165) is 29.7 Å². The first-order valence-corrected chi connectivity index (χ1v) is 9.10. The average molecular weight is 407 g/mol. The molecule has 0 saturated heterocycles. The Morgan fingerprint density at radius 3 is 2.24 bits per heavy atom. The summed E-state index contributed by atoms with van der Waals surface area (Å²) in [6, 6.07) is 9.42. The minimum absolute atomic E-state index is 0.0412. The van der Waals surface area contributed by atoms with E-state index in [1.165, 1.54) is 25.3 Å². The van der Waals surface area contributed by atoms with E-state index in [2.05, 4.69) is 10.1 Å². The number of hydrogen-bond donors (Lipinski definition) is 1. The number of para-hydroxylation sites is 1. The van der Waals surface area contributed by atoms with Crippen molar-refractivity contribution >= 4 is 17.6 Å². The highest BCUT2D eigenvalue weighted by Crippen LogP contribution is 2.29. The number of halogens is 2. The van der Waals surface area contributed by atoms with Gasteiger partial charge in [0.05, 0.1) is 12.7 Å². The summed E-state index contributed by atoms with van der Waals surface area (Å²) in [4.78, 5) is 24.5. The van der Waals surface area contributed by atoms with Crippen LogP contribution in [0.3, 0.4) is 0 Å². The largest absolute Gasteiger partial charge is 0.493 e. The molecule has 2 rings (SSSR count). The molecule has 0 saturated carbocycles. The lowest BCUT2D eigenvalue weighted by atomic mass is 10.0. The number of carbonyl (C=O) groups is 2. The highest BCUT2D eigenvalue weighted by atomic mass is 19.3. The second kappa shape index (κ2) is 10.4. The van der Waals surface area contributed by atoms with E-state index in [1.54, 1.807) is 0 Å². The number of rotatable bonds is 9. The number of nitrogens with one attached hydrogen (secondary N) is 1. The maximum atomic E-state index is 12.4. The third-order valence-corrected chi connectivity index (χ3v) is 4.21. The zero-order valence-electron chi connectivity index (χ0n) is 16.5. The van der Waals surface area contributed by atoms with Crippen LogP contribution in [0.25, 0.3) is 0 Å². The normalized spacial score (nSPS) is 10.6. The minimum Gasteiger partial charge on any atom is -0.493 e. The Morgan fingerprint density at radius 1 is 1.03 bits per heavy atom. The van der Waals surface area contributed by atoms with Crippen LogP contribution >= 0.6 is 0 Å². The van der Waals surface area contributed by atoms with Crippen molar-refractivity contribution in [2.45, 2.75) is 33.3 Å². The van der Waals surface area contributed by atoms with Crippen LogP contribution in [0.2, 0.25) is 0 Å².